The van der Waals surface area contributed by atoms with Crippen molar-refractivity contribution in [3.63, 3.8) is 0 Å². The number of nitrogens with two attached hydrogens (primary N) is 1. The van der Waals surface area contributed by atoms with Gasteiger partial charge in [0, 0.05) is 23.6 Å². The Morgan fingerprint density at radius 2 is 1.90 bits per heavy atom. The maximum atomic E-state index is 11.4. The lowest BCUT2D eigenvalue weighted by molar-refractivity contribution is 0.0503. The fraction of sp³-hybridized carbons (Fsp3) is 0.0625. The number of carbonyl (C=O) groups excluding carboxylic acids is 1. The summed E-state index contributed by atoms with van der Waals surface area (Å²) in [4.78, 5) is 15.6. The molecule has 0 amide bonds. The Labute approximate surface area is 116 Å². The number of benzene rings is 2. The Morgan fingerprint density at radius 3 is 2.65 bits per heavy atom. The molecule has 0 radical (unpaired) electrons. The molecule has 0 spiro atoms. The van der Waals surface area contributed by atoms with Gasteiger partial charge in [-0.1, -0.05) is 30.3 Å². The van der Waals surface area contributed by atoms with Gasteiger partial charge in [0.05, 0.1) is 5.56 Å². The first-order chi connectivity index (χ1) is 9.78. The number of nitrogens with zero attached hydrogens (tertiary/aromatic N) is 1. The first kappa shape index (κ1) is 12.4. The second kappa shape index (κ2) is 5.19. The van der Waals surface area contributed by atoms with Crippen molar-refractivity contribution in [3.8, 4) is 0 Å². The van der Waals surface area contributed by atoms with Gasteiger partial charge in [-0.2, -0.15) is 5.90 Å². The van der Waals surface area contributed by atoms with E-state index in [1.807, 2.05) is 36.5 Å². The van der Waals surface area contributed by atoms with E-state index in [4.69, 9.17) is 5.90 Å². The number of hydrogen-bond acceptors (Lipinski definition) is 3. The summed E-state index contributed by atoms with van der Waals surface area (Å²) >= 11 is 0. The van der Waals surface area contributed by atoms with Crippen LogP contribution in [0.5, 0.6) is 0 Å². The second-order valence-electron chi connectivity index (χ2n) is 4.61. The molecule has 3 rings (SSSR count). The molecule has 0 aliphatic carbocycles. The minimum atomic E-state index is -0.525. The lowest BCUT2D eigenvalue weighted by atomic mass is 10.1. The molecule has 0 saturated heterocycles. The molecule has 0 unspecified atom stereocenters. The fourth-order valence-corrected chi connectivity index (χ4v) is 2.31. The summed E-state index contributed by atoms with van der Waals surface area (Å²) in [7, 11) is 0. The maximum Gasteiger partial charge on any atom is 0.356 e. The van der Waals surface area contributed by atoms with Crippen LogP contribution >= 0.6 is 0 Å². The van der Waals surface area contributed by atoms with Gasteiger partial charge >= 0.3 is 5.97 Å². The van der Waals surface area contributed by atoms with Crippen LogP contribution in [0.1, 0.15) is 15.9 Å². The Hall–Kier alpha value is -2.59. The zero-order valence-electron chi connectivity index (χ0n) is 10.8. The predicted octanol–water partition coefficient (Wildman–Crippen LogP) is 2.72. The summed E-state index contributed by atoms with van der Waals surface area (Å²) in [5.74, 6) is 4.38. The minimum absolute atomic E-state index is 0.456. The molecule has 2 aromatic carbocycles. The number of fused-ring (bicyclic) bond motifs is 1. The van der Waals surface area contributed by atoms with E-state index in [0.29, 0.717) is 5.56 Å². The Bertz CT molecular complexity index is 748. The van der Waals surface area contributed by atoms with E-state index in [9.17, 15) is 4.79 Å². The van der Waals surface area contributed by atoms with Crippen LogP contribution in [0.25, 0.3) is 10.9 Å². The maximum absolute atomic E-state index is 11.4. The minimum Gasteiger partial charge on any atom is -0.370 e. The van der Waals surface area contributed by atoms with Crippen LogP contribution in [0.15, 0.2) is 60.8 Å². The summed E-state index contributed by atoms with van der Waals surface area (Å²) < 4.78 is 2.14. The summed E-state index contributed by atoms with van der Waals surface area (Å²) in [5, 5.41) is 0.990. The highest BCUT2D eigenvalue weighted by Gasteiger charge is 2.08. The molecule has 0 aliphatic rings. The van der Waals surface area contributed by atoms with Gasteiger partial charge in [-0.25, -0.2) is 4.79 Å². The number of hydrogen-bond donors (Lipinski definition) is 1. The average Bonchev–Trinajstić information content (AvgIpc) is 2.90. The molecule has 0 fully saturated rings. The highest BCUT2D eigenvalue weighted by atomic mass is 16.7. The molecule has 0 atom stereocenters. The van der Waals surface area contributed by atoms with Crippen molar-refractivity contribution in [2.45, 2.75) is 6.54 Å². The summed E-state index contributed by atoms with van der Waals surface area (Å²) in [5.41, 5.74) is 2.76. The van der Waals surface area contributed by atoms with Gasteiger partial charge in [0.2, 0.25) is 0 Å². The van der Waals surface area contributed by atoms with Crippen molar-refractivity contribution in [3.05, 3.63) is 71.9 Å². The van der Waals surface area contributed by atoms with Crippen molar-refractivity contribution in [2.24, 2.45) is 5.90 Å². The Balaban J connectivity index is 1.96. The van der Waals surface area contributed by atoms with Crippen LogP contribution in [0.2, 0.25) is 0 Å². The predicted molar refractivity (Wildman–Crippen MR) is 77.1 cm³/mol. The van der Waals surface area contributed by atoms with Gasteiger partial charge in [-0.3, -0.25) is 0 Å². The molecule has 4 nitrogen and oxygen atoms in total. The van der Waals surface area contributed by atoms with E-state index in [0.717, 1.165) is 17.4 Å². The van der Waals surface area contributed by atoms with Crippen LogP contribution in [0, 0.1) is 0 Å². The number of aromatic nitrogens is 1. The molecule has 0 saturated carbocycles. The second-order valence-corrected chi connectivity index (χ2v) is 4.61. The molecule has 4 heteroatoms. The first-order valence-electron chi connectivity index (χ1n) is 6.32. The zero-order chi connectivity index (χ0) is 13.9. The third-order valence-electron chi connectivity index (χ3n) is 3.31. The zero-order valence-corrected chi connectivity index (χ0v) is 10.8. The monoisotopic (exact) mass is 266 g/mol. The highest BCUT2D eigenvalue weighted by Crippen LogP contribution is 2.19. The standard InChI is InChI=1S/C16H14N2O2/c17-20-16(19)14-6-7-15-13(10-14)8-9-18(15)11-12-4-2-1-3-5-12/h1-10H,11,17H2. The summed E-state index contributed by atoms with van der Waals surface area (Å²) in [6.07, 6.45) is 2.01. The third kappa shape index (κ3) is 2.29. The lowest BCUT2D eigenvalue weighted by Crippen LogP contribution is -2.09. The fourth-order valence-electron chi connectivity index (χ4n) is 2.31. The van der Waals surface area contributed by atoms with E-state index >= 15 is 0 Å². The smallest absolute Gasteiger partial charge is 0.356 e. The molecule has 1 aromatic heterocycles. The molecule has 0 bridgehead atoms. The molecule has 20 heavy (non-hydrogen) atoms. The largest absolute Gasteiger partial charge is 0.370 e. The van der Waals surface area contributed by atoms with Gasteiger partial charge < -0.3 is 9.40 Å². The average molecular weight is 266 g/mol. The number of rotatable bonds is 3. The van der Waals surface area contributed by atoms with E-state index in [1.54, 1.807) is 12.1 Å². The molecular formula is C16H14N2O2. The lowest BCUT2D eigenvalue weighted by Gasteiger charge is -2.06. The molecule has 100 valence electrons. The van der Waals surface area contributed by atoms with Gasteiger partial charge in [0.15, 0.2) is 0 Å². The van der Waals surface area contributed by atoms with Crippen LogP contribution in [0.3, 0.4) is 0 Å². The normalized spacial score (nSPS) is 10.7. The van der Waals surface area contributed by atoms with Crippen molar-refractivity contribution in [2.75, 3.05) is 0 Å². The summed E-state index contributed by atoms with van der Waals surface area (Å²) in [6, 6.07) is 17.6. The van der Waals surface area contributed by atoms with Crippen LogP contribution in [-0.2, 0) is 11.4 Å². The van der Waals surface area contributed by atoms with Crippen molar-refractivity contribution in [1.29, 1.82) is 0 Å². The van der Waals surface area contributed by atoms with E-state index in [2.05, 4.69) is 21.5 Å². The van der Waals surface area contributed by atoms with Crippen molar-refractivity contribution >= 4 is 16.9 Å². The van der Waals surface area contributed by atoms with Crippen molar-refractivity contribution in [1.82, 2.24) is 4.57 Å². The molecule has 1 heterocycles. The third-order valence-corrected chi connectivity index (χ3v) is 3.31. The van der Waals surface area contributed by atoms with E-state index < -0.39 is 5.97 Å². The molecule has 2 N–H and O–H groups in total. The van der Waals surface area contributed by atoms with Crippen LogP contribution in [0.4, 0.5) is 0 Å². The van der Waals surface area contributed by atoms with Gasteiger partial charge in [0.1, 0.15) is 0 Å². The Kier molecular flexibility index (Phi) is 3.23. The first-order valence-corrected chi connectivity index (χ1v) is 6.32. The van der Waals surface area contributed by atoms with Crippen LogP contribution < -0.4 is 5.90 Å². The van der Waals surface area contributed by atoms with E-state index in [-0.39, 0.29) is 0 Å². The van der Waals surface area contributed by atoms with E-state index in [1.165, 1.54) is 5.56 Å². The topological polar surface area (TPSA) is 57.2 Å². The SMILES string of the molecule is NOC(=O)c1ccc2c(ccn2Cc2ccccc2)c1. The van der Waals surface area contributed by atoms with Gasteiger partial charge in [-0.15, -0.1) is 0 Å². The summed E-state index contributed by atoms with van der Waals surface area (Å²) in [6.45, 7) is 0.797. The van der Waals surface area contributed by atoms with Crippen molar-refractivity contribution < 1.29 is 9.63 Å². The molecule has 0 aliphatic heterocycles. The van der Waals surface area contributed by atoms with Crippen LogP contribution in [-0.4, -0.2) is 10.5 Å². The van der Waals surface area contributed by atoms with Gasteiger partial charge in [-0.05, 0) is 29.8 Å². The quantitative estimate of drug-likeness (QED) is 0.741. The molecule has 3 aromatic rings. The Morgan fingerprint density at radius 1 is 1.10 bits per heavy atom. The number of carbonyl (C=O) groups is 1. The highest BCUT2D eigenvalue weighted by molar-refractivity contribution is 5.94. The molecular weight excluding hydrogens is 252 g/mol. The van der Waals surface area contributed by atoms with Gasteiger partial charge in [0.25, 0.3) is 0 Å².